The number of rotatable bonds is 8. The van der Waals surface area contributed by atoms with E-state index in [1.165, 1.54) is 17.2 Å². The standard InChI is InChI=1S/C81H59FN2O4/c1-79(2,3)48-32-36-52(37-33-48)83(54-40-42-58-56-24-13-16-29-67(56)85-70(58)44-54)65-46-62-74(77-72(65)60-26-15-18-31-69(60)87-77)75-63(81(62,50-20-9-7-10-21-50)51-22-11-8-12-23-51)47-66(73-61-27-19-28-64(82)76(61)88-78(73)75)84(53-38-34-49(35-39-53)80(4,5)6)55-41-43-59-57-25-14-17-30-68(57)86-71(59)45-55/h7-47H,1-6H3. The first kappa shape index (κ1) is 51.8. The molecule has 0 saturated carbocycles. The Morgan fingerprint density at radius 3 is 1.18 bits per heavy atom. The largest absolute Gasteiger partial charge is 0.456 e. The van der Waals surface area contributed by atoms with E-state index < -0.39 is 11.2 Å². The average molecular weight is 1140 g/mol. The van der Waals surface area contributed by atoms with Gasteiger partial charge in [-0.3, -0.25) is 0 Å². The van der Waals surface area contributed by atoms with Gasteiger partial charge in [-0.15, -0.1) is 0 Å². The number of para-hydroxylation sites is 4. The Morgan fingerprint density at radius 1 is 0.318 bits per heavy atom. The van der Waals surface area contributed by atoms with Crippen LogP contribution >= 0.6 is 0 Å². The van der Waals surface area contributed by atoms with Crippen molar-refractivity contribution in [2.75, 3.05) is 9.80 Å². The second-order valence-corrected chi connectivity index (χ2v) is 25.7. The molecule has 6 nitrogen and oxygen atoms in total. The Morgan fingerprint density at radius 2 is 0.705 bits per heavy atom. The van der Waals surface area contributed by atoms with Crippen LogP contribution < -0.4 is 9.80 Å². The van der Waals surface area contributed by atoms with Gasteiger partial charge in [-0.25, -0.2) is 4.39 Å². The zero-order chi connectivity index (χ0) is 59.4. The molecule has 1 aliphatic rings. The molecule has 17 rings (SSSR count). The van der Waals surface area contributed by atoms with Crippen molar-refractivity contribution in [2.24, 2.45) is 0 Å². The molecule has 0 saturated heterocycles. The zero-order valence-electron chi connectivity index (χ0n) is 49.6. The average Bonchev–Trinajstić information content (AvgIpc) is 1.50. The van der Waals surface area contributed by atoms with Crippen LogP contribution in [0.4, 0.5) is 38.5 Å². The van der Waals surface area contributed by atoms with E-state index in [2.05, 4.69) is 245 Å². The van der Waals surface area contributed by atoms with Crippen LogP contribution in [0.2, 0.25) is 0 Å². The maximum Gasteiger partial charge on any atom is 0.171 e. The quantitative estimate of drug-likeness (QED) is 0.151. The minimum atomic E-state index is -1.07. The van der Waals surface area contributed by atoms with Crippen LogP contribution in [0.1, 0.15) is 74.9 Å². The third-order valence-corrected chi connectivity index (χ3v) is 18.5. The molecule has 0 atom stereocenters. The molecular weight excluding hydrogens is 1080 g/mol. The number of fused-ring (bicyclic) bond motifs is 17. The van der Waals surface area contributed by atoms with Crippen molar-refractivity contribution >= 4 is 122 Å². The van der Waals surface area contributed by atoms with E-state index in [0.717, 1.165) is 133 Å². The van der Waals surface area contributed by atoms with Crippen LogP contribution in [0.3, 0.4) is 0 Å². The molecule has 88 heavy (non-hydrogen) atoms. The Balaban J connectivity index is 1.04. The summed E-state index contributed by atoms with van der Waals surface area (Å²) in [6.07, 6.45) is 0. The minimum Gasteiger partial charge on any atom is -0.456 e. The molecule has 0 unspecified atom stereocenters. The van der Waals surface area contributed by atoms with E-state index in [4.69, 9.17) is 17.7 Å². The second-order valence-electron chi connectivity index (χ2n) is 25.7. The molecule has 1 aliphatic carbocycles. The summed E-state index contributed by atoms with van der Waals surface area (Å²) < 4.78 is 45.4. The second kappa shape index (κ2) is 18.9. The third kappa shape index (κ3) is 7.59. The predicted octanol–water partition coefficient (Wildman–Crippen LogP) is 23.3. The van der Waals surface area contributed by atoms with Crippen molar-refractivity contribution in [3.63, 3.8) is 0 Å². The molecule has 0 bridgehead atoms. The van der Waals surface area contributed by atoms with Crippen LogP contribution in [0.25, 0.3) is 98.9 Å². The molecule has 0 N–H and O–H groups in total. The van der Waals surface area contributed by atoms with E-state index in [9.17, 15) is 0 Å². The zero-order valence-corrected chi connectivity index (χ0v) is 49.6. The lowest BCUT2D eigenvalue weighted by atomic mass is 9.67. The molecule has 424 valence electrons. The van der Waals surface area contributed by atoms with E-state index in [0.29, 0.717) is 16.6 Å². The maximum atomic E-state index is 17.1. The molecule has 12 aromatic carbocycles. The summed E-state index contributed by atoms with van der Waals surface area (Å²) in [5.41, 5.74) is 17.5. The molecule has 0 fully saturated rings. The molecule has 4 heterocycles. The maximum absolute atomic E-state index is 17.1. The molecule has 16 aromatic rings. The van der Waals surface area contributed by atoms with Crippen molar-refractivity contribution in [2.45, 2.75) is 57.8 Å². The van der Waals surface area contributed by atoms with Crippen LogP contribution in [0.15, 0.2) is 266 Å². The molecule has 0 spiro atoms. The molecule has 7 heteroatoms. The van der Waals surface area contributed by atoms with Gasteiger partial charge in [-0.2, -0.15) is 0 Å². The third-order valence-electron chi connectivity index (χ3n) is 18.5. The van der Waals surface area contributed by atoms with E-state index in [1.807, 2.05) is 42.5 Å². The lowest BCUT2D eigenvalue weighted by Crippen LogP contribution is -2.29. The minimum absolute atomic E-state index is 0.0930. The molecule has 4 aromatic heterocycles. The van der Waals surface area contributed by atoms with E-state index in [-0.39, 0.29) is 16.4 Å². The molecule has 0 amide bonds. The fourth-order valence-electron chi connectivity index (χ4n) is 14.3. The fraction of sp³-hybridized carbons (Fsp3) is 0.111. The van der Waals surface area contributed by atoms with Crippen molar-refractivity contribution in [3.05, 3.63) is 288 Å². The van der Waals surface area contributed by atoms with E-state index >= 15 is 4.39 Å². The van der Waals surface area contributed by atoms with Crippen molar-refractivity contribution in [1.29, 1.82) is 0 Å². The summed E-state index contributed by atoms with van der Waals surface area (Å²) in [5, 5.41) is 7.43. The first-order valence-electron chi connectivity index (χ1n) is 30.2. The first-order valence-corrected chi connectivity index (χ1v) is 30.2. The number of nitrogens with zero attached hydrogens (tertiary/aromatic N) is 2. The van der Waals surface area contributed by atoms with Gasteiger partial charge in [0, 0.05) is 78.3 Å². The summed E-state index contributed by atoms with van der Waals surface area (Å²) in [4.78, 5) is 4.69. The van der Waals surface area contributed by atoms with Crippen LogP contribution in [0, 0.1) is 5.82 Å². The SMILES string of the molecule is CC(C)(C)c1ccc(N(c2ccc3c(c2)oc2ccccc23)c2cc3c(c4oc5ccccc5c24)-c2c(cc(N(c4ccc(C(C)(C)C)cc4)c4ccc5c(c4)oc4ccccc45)c4c2oc2c(F)cccc24)C3(c2ccccc2)c2ccccc2)cc1. The molecule has 0 aliphatic heterocycles. The summed E-state index contributed by atoms with van der Waals surface area (Å²) in [5.74, 6) is -0.451. The van der Waals surface area contributed by atoms with Crippen molar-refractivity contribution in [1.82, 2.24) is 0 Å². The lowest BCUT2D eigenvalue weighted by Gasteiger charge is -2.36. The number of hydrogen-bond acceptors (Lipinski definition) is 6. The van der Waals surface area contributed by atoms with Gasteiger partial charge in [0.05, 0.1) is 27.6 Å². The fourth-order valence-corrected chi connectivity index (χ4v) is 14.3. The van der Waals surface area contributed by atoms with Gasteiger partial charge in [-0.05, 0) is 129 Å². The van der Waals surface area contributed by atoms with Crippen LogP contribution in [-0.2, 0) is 16.2 Å². The van der Waals surface area contributed by atoms with Gasteiger partial charge in [0.1, 0.15) is 39.1 Å². The van der Waals surface area contributed by atoms with Crippen molar-refractivity contribution < 1.29 is 22.1 Å². The number of halogens is 1. The van der Waals surface area contributed by atoms with Gasteiger partial charge >= 0.3 is 0 Å². The lowest BCUT2D eigenvalue weighted by molar-refractivity contribution is 0.584. The summed E-state index contributed by atoms with van der Waals surface area (Å²) in [6, 6.07) is 87.3. The summed E-state index contributed by atoms with van der Waals surface area (Å²) >= 11 is 0. The van der Waals surface area contributed by atoms with Crippen molar-refractivity contribution in [3.8, 4) is 11.1 Å². The smallest absolute Gasteiger partial charge is 0.171 e. The highest BCUT2D eigenvalue weighted by Gasteiger charge is 2.51. The van der Waals surface area contributed by atoms with Crippen LogP contribution in [-0.4, -0.2) is 0 Å². The first-order chi connectivity index (χ1) is 42.8. The van der Waals surface area contributed by atoms with Gasteiger partial charge < -0.3 is 27.5 Å². The number of benzene rings is 12. The normalized spacial score (nSPS) is 13.3. The van der Waals surface area contributed by atoms with Gasteiger partial charge in [-0.1, -0.05) is 193 Å². The Labute approximate surface area is 507 Å². The number of anilines is 6. The highest BCUT2D eigenvalue weighted by Crippen LogP contribution is 2.64. The highest BCUT2D eigenvalue weighted by atomic mass is 19.1. The van der Waals surface area contributed by atoms with Crippen LogP contribution in [0.5, 0.6) is 0 Å². The Kier molecular flexibility index (Phi) is 11.1. The predicted molar refractivity (Wildman–Crippen MR) is 360 cm³/mol. The van der Waals surface area contributed by atoms with Gasteiger partial charge in [0.15, 0.2) is 11.4 Å². The number of hydrogen-bond donors (Lipinski definition) is 0. The molecule has 0 radical (unpaired) electrons. The van der Waals surface area contributed by atoms with Gasteiger partial charge in [0.2, 0.25) is 0 Å². The Bertz CT molecular complexity index is 5440. The highest BCUT2D eigenvalue weighted by molar-refractivity contribution is 6.25. The Hall–Kier alpha value is -10.6. The monoisotopic (exact) mass is 1140 g/mol. The molecular formula is C81H59FN2O4. The van der Waals surface area contributed by atoms with Gasteiger partial charge in [0.25, 0.3) is 0 Å². The number of furan rings is 4. The summed E-state index contributed by atoms with van der Waals surface area (Å²) in [6.45, 7) is 13.5. The topological polar surface area (TPSA) is 59.0 Å². The van der Waals surface area contributed by atoms with E-state index in [1.54, 1.807) is 6.07 Å². The summed E-state index contributed by atoms with van der Waals surface area (Å²) in [7, 11) is 0.